The van der Waals surface area contributed by atoms with Gasteiger partial charge in [-0.1, -0.05) is 41.5 Å². The van der Waals surface area contributed by atoms with Crippen LogP contribution >= 0.6 is 0 Å². The lowest BCUT2D eigenvalue weighted by molar-refractivity contribution is 0.473. The lowest BCUT2D eigenvalue weighted by Gasteiger charge is -2.10. The van der Waals surface area contributed by atoms with Crippen molar-refractivity contribution in [3.63, 3.8) is 0 Å². The number of para-hydroxylation sites is 1. The van der Waals surface area contributed by atoms with Crippen LogP contribution in [-0.4, -0.2) is 15.3 Å². The van der Waals surface area contributed by atoms with E-state index in [1.54, 1.807) is 0 Å². The van der Waals surface area contributed by atoms with Crippen molar-refractivity contribution >= 4 is 6.01 Å². The zero-order chi connectivity index (χ0) is 14.1. The van der Waals surface area contributed by atoms with Gasteiger partial charge in [-0.15, -0.1) is 5.10 Å². The van der Waals surface area contributed by atoms with Crippen molar-refractivity contribution < 1.29 is 9.52 Å². The van der Waals surface area contributed by atoms with E-state index in [1.807, 2.05) is 49.4 Å². The summed E-state index contributed by atoms with van der Waals surface area (Å²) in [6, 6.07) is 13.1. The molecule has 3 aromatic rings. The van der Waals surface area contributed by atoms with Crippen LogP contribution in [0.4, 0.5) is 6.01 Å². The van der Waals surface area contributed by atoms with Crippen LogP contribution in [0.25, 0.3) is 22.6 Å². The van der Waals surface area contributed by atoms with Crippen molar-refractivity contribution in [1.29, 1.82) is 0 Å². The Labute approximate surface area is 115 Å². The summed E-state index contributed by atoms with van der Waals surface area (Å²) >= 11 is 0. The number of benzene rings is 2. The van der Waals surface area contributed by atoms with E-state index in [4.69, 9.17) is 10.2 Å². The van der Waals surface area contributed by atoms with Gasteiger partial charge in [0.1, 0.15) is 5.75 Å². The van der Waals surface area contributed by atoms with Gasteiger partial charge in [-0.25, -0.2) is 0 Å². The fourth-order valence-electron chi connectivity index (χ4n) is 2.12. The van der Waals surface area contributed by atoms with E-state index < -0.39 is 0 Å². The quantitative estimate of drug-likeness (QED) is 0.745. The van der Waals surface area contributed by atoms with Crippen molar-refractivity contribution in [3.8, 4) is 28.3 Å². The molecule has 0 bridgehead atoms. The second-order valence-corrected chi connectivity index (χ2v) is 4.46. The molecule has 0 radical (unpaired) electrons. The predicted molar refractivity (Wildman–Crippen MR) is 76.0 cm³/mol. The molecule has 0 aliphatic rings. The summed E-state index contributed by atoms with van der Waals surface area (Å²) in [6.07, 6.45) is 0. The second-order valence-electron chi connectivity index (χ2n) is 4.46. The van der Waals surface area contributed by atoms with Crippen LogP contribution in [0.1, 0.15) is 5.56 Å². The first kappa shape index (κ1) is 12.2. The van der Waals surface area contributed by atoms with Gasteiger partial charge in [-0.05, 0) is 24.1 Å². The lowest BCUT2D eigenvalue weighted by atomic mass is 9.97. The van der Waals surface area contributed by atoms with Crippen LogP contribution in [-0.2, 0) is 0 Å². The van der Waals surface area contributed by atoms with E-state index in [-0.39, 0.29) is 11.8 Å². The highest BCUT2D eigenvalue weighted by molar-refractivity contribution is 5.83. The molecule has 5 heteroatoms. The van der Waals surface area contributed by atoms with Crippen molar-refractivity contribution in [2.24, 2.45) is 0 Å². The maximum absolute atomic E-state index is 10.2. The largest absolute Gasteiger partial charge is 0.507 e. The van der Waals surface area contributed by atoms with E-state index in [0.717, 1.165) is 22.3 Å². The Kier molecular flexibility index (Phi) is 2.87. The minimum atomic E-state index is 0.0169. The number of hydrogen-bond acceptors (Lipinski definition) is 5. The normalized spacial score (nSPS) is 10.7. The van der Waals surface area contributed by atoms with E-state index in [2.05, 4.69) is 10.2 Å². The molecule has 0 saturated heterocycles. The van der Waals surface area contributed by atoms with E-state index in [0.29, 0.717) is 5.89 Å². The van der Waals surface area contributed by atoms with Gasteiger partial charge < -0.3 is 15.3 Å². The Morgan fingerprint density at radius 1 is 0.950 bits per heavy atom. The molecule has 0 amide bonds. The maximum atomic E-state index is 10.2. The monoisotopic (exact) mass is 267 g/mol. The van der Waals surface area contributed by atoms with Crippen molar-refractivity contribution in [3.05, 3.63) is 48.0 Å². The summed E-state index contributed by atoms with van der Waals surface area (Å²) in [5.41, 5.74) is 8.55. The van der Waals surface area contributed by atoms with Gasteiger partial charge in [0, 0.05) is 11.1 Å². The highest BCUT2D eigenvalue weighted by atomic mass is 16.4. The topological polar surface area (TPSA) is 85.2 Å². The number of aromatic nitrogens is 2. The third kappa shape index (κ3) is 1.99. The van der Waals surface area contributed by atoms with Crippen LogP contribution in [0.2, 0.25) is 0 Å². The molecule has 0 fully saturated rings. The zero-order valence-electron chi connectivity index (χ0n) is 10.9. The smallest absolute Gasteiger partial charge is 0.313 e. The molecule has 0 atom stereocenters. The number of nitrogens with zero attached hydrogens (tertiary/aromatic N) is 2. The molecule has 1 aromatic heterocycles. The molecule has 5 nitrogen and oxygen atoms in total. The first-order valence-electron chi connectivity index (χ1n) is 6.14. The van der Waals surface area contributed by atoms with Crippen molar-refractivity contribution in [1.82, 2.24) is 10.2 Å². The average molecular weight is 267 g/mol. The maximum Gasteiger partial charge on any atom is 0.313 e. The molecule has 0 spiro atoms. The van der Waals surface area contributed by atoms with Gasteiger partial charge in [0.2, 0.25) is 5.89 Å². The minimum absolute atomic E-state index is 0.0169. The molecule has 3 rings (SSSR count). The summed E-state index contributed by atoms with van der Waals surface area (Å²) in [6.45, 7) is 1.85. The molecule has 100 valence electrons. The zero-order valence-corrected chi connectivity index (χ0v) is 10.9. The van der Waals surface area contributed by atoms with Crippen molar-refractivity contribution in [2.75, 3.05) is 5.73 Å². The molecule has 0 unspecified atom stereocenters. The highest BCUT2D eigenvalue weighted by Crippen LogP contribution is 2.37. The first-order valence-corrected chi connectivity index (χ1v) is 6.14. The summed E-state index contributed by atoms with van der Waals surface area (Å²) in [5.74, 6) is 0.575. The Hall–Kier alpha value is -2.82. The number of hydrogen-bond donors (Lipinski definition) is 2. The van der Waals surface area contributed by atoms with Crippen LogP contribution < -0.4 is 5.73 Å². The SMILES string of the molecule is Cc1cccc(-c2ccccc2-c2nnc(N)o2)c1O. The van der Waals surface area contributed by atoms with Gasteiger partial charge in [0.05, 0.1) is 0 Å². The molecule has 3 N–H and O–H groups in total. The molecule has 2 aromatic carbocycles. The average Bonchev–Trinajstić information content (AvgIpc) is 2.88. The Morgan fingerprint density at radius 3 is 2.35 bits per heavy atom. The van der Waals surface area contributed by atoms with Crippen LogP contribution in [0.3, 0.4) is 0 Å². The van der Waals surface area contributed by atoms with Gasteiger partial charge in [-0.3, -0.25) is 0 Å². The fourth-order valence-corrected chi connectivity index (χ4v) is 2.12. The summed E-state index contributed by atoms with van der Waals surface area (Å²) < 4.78 is 5.28. The van der Waals surface area contributed by atoms with Gasteiger partial charge in [0.25, 0.3) is 0 Å². The van der Waals surface area contributed by atoms with Gasteiger partial charge in [0.15, 0.2) is 0 Å². The van der Waals surface area contributed by atoms with Gasteiger partial charge >= 0.3 is 6.01 Å². The number of anilines is 1. The predicted octanol–water partition coefficient (Wildman–Crippen LogP) is 3.00. The molecule has 20 heavy (non-hydrogen) atoms. The lowest BCUT2D eigenvalue weighted by Crippen LogP contribution is -1.87. The van der Waals surface area contributed by atoms with Crippen LogP contribution in [0.5, 0.6) is 5.75 Å². The Bertz CT molecular complexity index is 765. The Morgan fingerprint density at radius 2 is 1.65 bits per heavy atom. The van der Waals surface area contributed by atoms with E-state index in [1.165, 1.54) is 0 Å². The van der Waals surface area contributed by atoms with E-state index in [9.17, 15) is 5.11 Å². The number of nitrogen functional groups attached to an aromatic ring is 1. The minimum Gasteiger partial charge on any atom is -0.507 e. The molecular weight excluding hydrogens is 254 g/mol. The van der Waals surface area contributed by atoms with Gasteiger partial charge in [-0.2, -0.15) is 0 Å². The first-order chi connectivity index (χ1) is 9.66. The summed E-state index contributed by atoms with van der Waals surface area (Å²) in [5, 5.41) is 17.8. The molecule has 1 heterocycles. The standard InChI is InChI=1S/C15H13N3O2/c1-9-5-4-8-11(13(9)19)10-6-2-3-7-12(10)14-17-18-15(16)20-14/h2-8,19H,1H3,(H2,16,18). The third-order valence-corrected chi connectivity index (χ3v) is 3.13. The number of phenols is 1. The van der Waals surface area contributed by atoms with Crippen LogP contribution in [0, 0.1) is 6.92 Å². The summed E-state index contributed by atoms with van der Waals surface area (Å²) in [4.78, 5) is 0. The fraction of sp³-hybridized carbons (Fsp3) is 0.0667. The summed E-state index contributed by atoms with van der Waals surface area (Å²) in [7, 11) is 0. The number of aryl methyl sites for hydroxylation is 1. The number of nitrogens with two attached hydrogens (primary N) is 1. The van der Waals surface area contributed by atoms with Crippen molar-refractivity contribution in [2.45, 2.75) is 6.92 Å². The molecule has 0 aliphatic carbocycles. The molecule has 0 saturated carbocycles. The number of rotatable bonds is 2. The highest BCUT2D eigenvalue weighted by Gasteiger charge is 2.15. The third-order valence-electron chi connectivity index (χ3n) is 3.13. The molecule has 0 aliphatic heterocycles. The van der Waals surface area contributed by atoms with Crippen LogP contribution in [0.15, 0.2) is 46.9 Å². The Balaban J connectivity index is 2.22. The second kappa shape index (κ2) is 4.70. The number of phenolic OH excluding ortho intramolecular Hbond substituents is 1. The van der Waals surface area contributed by atoms with E-state index >= 15 is 0 Å². The number of aromatic hydroxyl groups is 1. The molecular formula is C15H13N3O2.